The minimum Gasteiger partial charge on any atom is -0.376 e. The number of nitrogens with zero attached hydrogens (tertiary/aromatic N) is 3. The van der Waals surface area contributed by atoms with Crippen LogP contribution in [0, 0.1) is 5.92 Å². The van der Waals surface area contributed by atoms with Crippen LogP contribution in [0.4, 0.5) is 18.9 Å². The van der Waals surface area contributed by atoms with Crippen LogP contribution in [0.25, 0.3) is 10.2 Å². The summed E-state index contributed by atoms with van der Waals surface area (Å²) in [5.74, 6) is 0.155. The molecule has 0 spiro atoms. The van der Waals surface area contributed by atoms with Crippen molar-refractivity contribution in [3.05, 3.63) is 61.1 Å². The predicted octanol–water partition coefficient (Wildman–Crippen LogP) is 4.09. The van der Waals surface area contributed by atoms with Crippen LogP contribution in [0.2, 0.25) is 0 Å². The van der Waals surface area contributed by atoms with Crippen molar-refractivity contribution < 1.29 is 13.2 Å². The number of alkyl halides is 3. The molecule has 3 rings (SSSR count). The largest absolute Gasteiger partial charge is 0.416 e. The molecule has 0 radical (unpaired) electrons. The smallest absolute Gasteiger partial charge is 0.376 e. The van der Waals surface area contributed by atoms with Crippen molar-refractivity contribution in [3.63, 3.8) is 0 Å². The fraction of sp³-hybridized carbons (Fsp3) is 0.429. The normalized spacial score (nSPS) is 12.2. The van der Waals surface area contributed by atoms with Gasteiger partial charge in [-0.1, -0.05) is 32.0 Å². The summed E-state index contributed by atoms with van der Waals surface area (Å²) in [6.07, 6.45) is -4.46. The quantitative estimate of drug-likeness (QED) is 0.602. The van der Waals surface area contributed by atoms with E-state index >= 15 is 0 Å². The Labute approximate surface area is 176 Å². The molecule has 1 aromatic carbocycles. The number of aromatic nitrogens is 2. The number of hydrogen-bond acceptors (Lipinski definition) is 4. The lowest BCUT2D eigenvalue weighted by atomic mass is 10.0. The first-order chi connectivity index (χ1) is 13.9. The second kappa shape index (κ2) is 7.94. The first-order valence-electron chi connectivity index (χ1n) is 9.51. The summed E-state index contributed by atoms with van der Waals surface area (Å²) in [6, 6.07) is 5.44. The molecular weight excluding hydrogens is 415 g/mol. The highest BCUT2D eigenvalue weighted by Crippen LogP contribution is 2.39. The molecule has 3 aromatic rings. The molecule has 5 nitrogen and oxygen atoms in total. The number of thiophene rings is 1. The second-order valence-electron chi connectivity index (χ2n) is 7.93. The molecule has 30 heavy (non-hydrogen) atoms. The summed E-state index contributed by atoms with van der Waals surface area (Å²) < 4.78 is 43.1. The summed E-state index contributed by atoms with van der Waals surface area (Å²) >= 11 is 1.21. The zero-order valence-corrected chi connectivity index (χ0v) is 18.3. The van der Waals surface area contributed by atoms with E-state index in [0.29, 0.717) is 27.3 Å². The van der Waals surface area contributed by atoms with Gasteiger partial charge in [-0.05, 0) is 17.5 Å². The van der Waals surface area contributed by atoms with Gasteiger partial charge in [0, 0.05) is 39.0 Å². The number of halogens is 3. The third-order valence-corrected chi connectivity index (χ3v) is 6.09. The van der Waals surface area contributed by atoms with Crippen molar-refractivity contribution in [1.82, 2.24) is 9.13 Å². The summed E-state index contributed by atoms with van der Waals surface area (Å²) in [4.78, 5) is 28.5. The molecule has 0 amide bonds. The van der Waals surface area contributed by atoms with E-state index in [4.69, 9.17) is 0 Å². The van der Waals surface area contributed by atoms with Crippen molar-refractivity contribution >= 4 is 27.2 Å². The molecule has 0 atom stereocenters. The Kier molecular flexibility index (Phi) is 5.86. The third kappa shape index (κ3) is 3.90. The van der Waals surface area contributed by atoms with E-state index in [1.165, 1.54) is 30.5 Å². The van der Waals surface area contributed by atoms with Crippen LogP contribution < -0.4 is 16.1 Å². The fourth-order valence-corrected chi connectivity index (χ4v) is 5.00. The maximum absolute atomic E-state index is 13.5. The van der Waals surface area contributed by atoms with Gasteiger partial charge in [0.25, 0.3) is 5.56 Å². The summed E-state index contributed by atoms with van der Waals surface area (Å²) in [5, 5.41) is 0.368. The summed E-state index contributed by atoms with van der Waals surface area (Å²) in [6.45, 7) is 4.34. The molecule has 0 aliphatic carbocycles. The molecule has 0 unspecified atom stereocenters. The van der Waals surface area contributed by atoms with E-state index in [9.17, 15) is 22.8 Å². The van der Waals surface area contributed by atoms with Gasteiger partial charge < -0.3 is 4.90 Å². The Balaban J connectivity index is 2.33. The van der Waals surface area contributed by atoms with Crippen LogP contribution in [0.3, 0.4) is 0 Å². The Morgan fingerprint density at radius 3 is 2.33 bits per heavy atom. The molecule has 0 aliphatic rings. The first kappa shape index (κ1) is 22.1. The molecule has 0 saturated carbocycles. The van der Waals surface area contributed by atoms with Crippen LogP contribution in [0.5, 0.6) is 0 Å². The lowest BCUT2D eigenvalue weighted by molar-refractivity contribution is -0.138. The zero-order chi connectivity index (χ0) is 22.4. The van der Waals surface area contributed by atoms with Gasteiger partial charge in [0.05, 0.1) is 16.6 Å². The SMILES string of the molecule is CC(C)Cn1c(=O)n(C)c(=O)c2c(N(C)C)c(Cc3ccccc3C(F)(F)F)sc21. The van der Waals surface area contributed by atoms with E-state index in [0.717, 1.165) is 10.6 Å². The number of benzene rings is 1. The van der Waals surface area contributed by atoms with Crippen LogP contribution in [-0.2, 0) is 26.2 Å². The van der Waals surface area contributed by atoms with Gasteiger partial charge in [0.15, 0.2) is 0 Å². The Bertz CT molecular complexity index is 1200. The van der Waals surface area contributed by atoms with Gasteiger partial charge in [0.1, 0.15) is 4.83 Å². The molecular formula is C21H24F3N3O2S. The molecule has 2 heterocycles. The molecule has 0 N–H and O–H groups in total. The molecule has 0 bridgehead atoms. The predicted molar refractivity (Wildman–Crippen MR) is 115 cm³/mol. The van der Waals surface area contributed by atoms with Crippen molar-refractivity contribution in [1.29, 1.82) is 0 Å². The maximum atomic E-state index is 13.5. The highest BCUT2D eigenvalue weighted by molar-refractivity contribution is 7.19. The topological polar surface area (TPSA) is 47.2 Å². The van der Waals surface area contributed by atoms with E-state index in [-0.39, 0.29) is 17.9 Å². The van der Waals surface area contributed by atoms with Gasteiger partial charge in [-0.2, -0.15) is 13.2 Å². The van der Waals surface area contributed by atoms with Crippen molar-refractivity contribution in [2.75, 3.05) is 19.0 Å². The van der Waals surface area contributed by atoms with Crippen molar-refractivity contribution in [2.45, 2.75) is 33.0 Å². The van der Waals surface area contributed by atoms with Gasteiger partial charge >= 0.3 is 11.9 Å². The molecule has 0 fully saturated rings. The lowest BCUT2D eigenvalue weighted by Gasteiger charge is -2.16. The number of rotatable bonds is 5. The number of hydrogen-bond donors (Lipinski definition) is 0. The summed E-state index contributed by atoms with van der Waals surface area (Å²) in [5.41, 5.74) is -0.862. The van der Waals surface area contributed by atoms with E-state index < -0.39 is 23.0 Å². The van der Waals surface area contributed by atoms with Crippen LogP contribution in [0.1, 0.15) is 29.9 Å². The molecule has 9 heteroatoms. The van der Waals surface area contributed by atoms with Crippen LogP contribution >= 0.6 is 11.3 Å². The average molecular weight is 440 g/mol. The third-order valence-electron chi connectivity index (χ3n) is 4.88. The van der Waals surface area contributed by atoms with Gasteiger partial charge in [-0.3, -0.25) is 13.9 Å². The Hall–Kier alpha value is -2.55. The van der Waals surface area contributed by atoms with Gasteiger partial charge in [-0.25, -0.2) is 4.79 Å². The van der Waals surface area contributed by atoms with Crippen LogP contribution in [-0.4, -0.2) is 23.2 Å². The number of fused-ring (bicyclic) bond motifs is 1. The fourth-order valence-electron chi connectivity index (χ4n) is 3.61. The number of anilines is 1. The molecule has 0 aliphatic heterocycles. The highest BCUT2D eigenvalue weighted by Gasteiger charge is 2.33. The lowest BCUT2D eigenvalue weighted by Crippen LogP contribution is -2.38. The Morgan fingerprint density at radius 2 is 1.77 bits per heavy atom. The van der Waals surface area contributed by atoms with E-state index in [1.54, 1.807) is 29.6 Å². The van der Waals surface area contributed by atoms with Crippen molar-refractivity contribution in [2.24, 2.45) is 13.0 Å². The minimum atomic E-state index is -4.47. The van der Waals surface area contributed by atoms with Crippen LogP contribution in [0.15, 0.2) is 33.9 Å². The van der Waals surface area contributed by atoms with E-state index in [2.05, 4.69) is 0 Å². The average Bonchev–Trinajstić information content (AvgIpc) is 3.02. The monoisotopic (exact) mass is 439 g/mol. The maximum Gasteiger partial charge on any atom is 0.416 e. The molecule has 162 valence electrons. The Morgan fingerprint density at radius 1 is 1.13 bits per heavy atom. The summed E-state index contributed by atoms with van der Waals surface area (Å²) in [7, 11) is 4.92. The second-order valence-corrected chi connectivity index (χ2v) is 9.01. The zero-order valence-electron chi connectivity index (χ0n) is 17.5. The highest BCUT2D eigenvalue weighted by atomic mass is 32.1. The van der Waals surface area contributed by atoms with Gasteiger partial charge in [-0.15, -0.1) is 11.3 Å². The van der Waals surface area contributed by atoms with Crippen molar-refractivity contribution in [3.8, 4) is 0 Å². The molecule has 2 aromatic heterocycles. The van der Waals surface area contributed by atoms with Gasteiger partial charge in [0.2, 0.25) is 0 Å². The molecule has 0 saturated heterocycles. The van der Waals surface area contributed by atoms with E-state index in [1.807, 2.05) is 13.8 Å². The minimum absolute atomic E-state index is 0.0154. The first-order valence-corrected chi connectivity index (χ1v) is 10.3. The standard InChI is InChI=1S/C21H24F3N3O2S/c1-12(2)11-27-19-16(18(28)26(5)20(27)29)17(25(3)4)15(30-19)10-13-8-6-7-9-14(13)21(22,23)24/h6-9,12H,10-11H2,1-5H3.